The summed E-state index contributed by atoms with van der Waals surface area (Å²) in [5.41, 5.74) is 0.539. The van der Waals surface area contributed by atoms with E-state index in [4.69, 9.17) is 4.74 Å². The highest BCUT2D eigenvalue weighted by molar-refractivity contribution is 7.89. The fraction of sp³-hybridized carbons (Fsp3) is 0.571. The molecule has 2 rings (SSSR count). The summed E-state index contributed by atoms with van der Waals surface area (Å²) in [6, 6.07) is 3.78. The van der Waals surface area contributed by atoms with Gasteiger partial charge in [-0.3, -0.25) is 4.90 Å². The van der Waals surface area contributed by atoms with Crippen molar-refractivity contribution in [2.24, 2.45) is 0 Å². The second-order valence-electron chi connectivity index (χ2n) is 5.12. The monoisotopic (exact) mass is 316 g/mol. The van der Waals surface area contributed by atoms with E-state index in [-0.39, 0.29) is 4.90 Å². The molecule has 1 heterocycles. The molecule has 0 radical (unpaired) electrons. The average Bonchev–Trinajstić information content (AvgIpc) is 2.47. The molecule has 0 unspecified atom stereocenters. The summed E-state index contributed by atoms with van der Waals surface area (Å²) in [6.45, 7) is 6.05. The predicted octanol–water partition coefficient (Wildman–Crippen LogP) is 1.13. The lowest BCUT2D eigenvalue weighted by atomic mass is 10.2. The lowest BCUT2D eigenvalue weighted by Crippen LogP contribution is -2.38. The number of halogens is 1. The first-order valence-electron chi connectivity index (χ1n) is 7.05. The van der Waals surface area contributed by atoms with Gasteiger partial charge in [0.2, 0.25) is 10.0 Å². The molecule has 5 nitrogen and oxygen atoms in total. The van der Waals surface area contributed by atoms with E-state index >= 15 is 0 Å². The SMILES string of the molecule is Cc1ccc(F)cc1S(=O)(=O)NCCCN1CCOCC1. The predicted molar refractivity (Wildman–Crippen MR) is 78.2 cm³/mol. The molecule has 0 saturated carbocycles. The van der Waals surface area contributed by atoms with Gasteiger partial charge in [-0.2, -0.15) is 0 Å². The molecule has 21 heavy (non-hydrogen) atoms. The summed E-state index contributed by atoms with van der Waals surface area (Å²) in [7, 11) is -3.65. The number of morpholine rings is 1. The topological polar surface area (TPSA) is 58.6 Å². The maximum Gasteiger partial charge on any atom is 0.240 e. The van der Waals surface area contributed by atoms with Crippen molar-refractivity contribution >= 4 is 10.0 Å². The second kappa shape index (κ2) is 7.31. The summed E-state index contributed by atoms with van der Waals surface area (Å²) in [4.78, 5) is 2.25. The highest BCUT2D eigenvalue weighted by Gasteiger charge is 2.17. The Labute approximate surface area is 125 Å². The van der Waals surface area contributed by atoms with Crippen LogP contribution in [0.5, 0.6) is 0 Å². The number of sulfonamides is 1. The van der Waals surface area contributed by atoms with Gasteiger partial charge in [-0.1, -0.05) is 6.07 Å². The molecule has 1 aromatic carbocycles. The summed E-state index contributed by atoms with van der Waals surface area (Å²) in [6.07, 6.45) is 0.716. The molecule has 0 bridgehead atoms. The highest BCUT2D eigenvalue weighted by Crippen LogP contribution is 2.16. The van der Waals surface area contributed by atoms with Crippen molar-refractivity contribution in [1.29, 1.82) is 0 Å². The maximum atomic E-state index is 13.2. The van der Waals surface area contributed by atoms with Crippen LogP contribution in [-0.2, 0) is 14.8 Å². The number of benzene rings is 1. The smallest absolute Gasteiger partial charge is 0.240 e. The first-order valence-corrected chi connectivity index (χ1v) is 8.53. The van der Waals surface area contributed by atoms with Crippen molar-refractivity contribution in [2.75, 3.05) is 39.4 Å². The third-order valence-corrected chi connectivity index (χ3v) is 5.09. The van der Waals surface area contributed by atoms with E-state index in [1.165, 1.54) is 12.1 Å². The molecular formula is C14H21FN2O3S. The van der Waals surface area contributed by atoms with E-state index in [0.717, 1.165) is 38.9 Å². The zero-order valence-electron chi connectivity index (χ0n) is 12.1. The van der Waals surface area contributed by atoms with Gasteiger partial charge in [0, 0.05) is 19.6 Å². The largest absolute Gasteiger partial charge is 0.379 e. The Hall–Kier alpha value is -1.02. The minimum absolute atomic E-state index is 0.00822. The molecule has 0 aromatic heterocycles. The molecule has 1 fully saturated rings. The third-order valence-electron chi connectivity index (χ3n) is 3.49. The van der Waals surface area contributed by atoms with E-state index in [0.29, 0.717) is 18.5 Å². The van der Waals surface area contributed by atoms with Gasteiger partial charge in [0.15, 0.2) is 0 Å². The number of nitrogens with one attached hydrogen (secondary N) is 1. The minimum Gasteiger partial charge on any atom is -0.379 e. The third kappa shape index (κ3) is 4.74. The van der Waals surface area contributed by atoms with Gasteiger partial charge in [0.1, 0.15) is 5.82 Å². The molecule has 0 aliphatic carbocycles. The molecular weight excluding hydrogens is 295 g/mol. The zero-order chi connectivity index (χ0) is 15.3. The number of rotatable bonds is 6. The van der Waals surface area contributed by atoms with Crippen molar-refractivity contribution in [1.82, 2.24) is 9.62 Å². The van der Waals surface area contributed by atoms with Crippen LogP contribution >= 0.6 is 0 Å². The number of hydrogen-bond donors (Lipinski definition) is 1. The Bertz CT molecular complexity index is 572. The van der Waals surface area contributed by atoms with Crippen LogP contribution in [0.25, 0.3) is 0 Å². The number of hydrogen-bond acceptors (Lipinski definition) is 4. The van der Waals surface area contributed by atoms with E-state index in [1.54, 1.807) is 6.92 Å². The van der Waals surface area contributed by atoms with Crippen LogP contribution in [0.4, 0.5) is 4.39 Å². The van der Waals surface area contributed by atoms with Gasteiger partial charge in [0.05, 0.1) is 18.1 Å². The quantitative estimate of drug-likeness (QED) is 0.800. The normalized spacial score (nSPS) is 17.0. The molecule has 0 amide bonds. The van der Waals surface area contributed by atoms with Crippen LogP contribution in [0.1, 0.15) is 12.0 Å². The van der Waals surface area contributed by atoms with E-state index in [1.807, 2.05) is 0 Å². The molecule has 7 heteroatoms. The van der Waals surface area contributed by atoms with Gasteiger partial charge in [-0.15, -0.1) is 0 Å². The van der Waals surface area contributed by atoms with Crippen LogP contribution in [0.3, 0.4) is 0 Å². The van der Waals surface area contributed by atoms with Gasteiger partial charge in [-0.25, -0.2) is 17.5 Å². The Morgan fingerprint density at radius 1 is 1.33 bits per heavy atom. The van der Waals surface area contributed by atoms with Gasteiger partial charge in [0.25, 0.3) is 0 Å². The Kier molecular flexibility index (Phi) is 5.69. The first kappa shape index (κ1) is 16.4. The van der Waals surface area contributed by atoms with E-state index in [2.05, 4.69) is 9.62 Å². The summed E-state index contributed by atoms with van der Waals surface area (Å²) in [5, 5.41) is 0. The van der Waals surface area contributed by atoms with Gasteiger partial charge in [-0.05, 0) is 37.6 Å². The van der Waals surface area contributed by atoms with Crippen LogP contribution in [0.15, 0.2) is 23.1 Å². The summed E-state index contributed by atoms with van der Waals surface area (Å²) < 4.78 is 45.3. The Morgan fingerprint density at radius 3 is 2.76 bits per heavy atom. The van der Waals surface area contributed by atoms with Crippen molar-refractivity contribution in [3.05, 3.63) is 29.6 Å². The zero-order valence-corrected chi connectivity index (χ0v) is 13.0. The molecule has 1 aliphatic heterocycles. The lowest BCUT2D eigenvalue weighted by molar-refractivity contribution is 0.0376. The van der Waals surface area contributed by atoms with E-state index < -0.39 is 15.8 Å². The van der Waals surface area contributed by atoms with Crippen LogP contribution in [0.2, 0.25) is 0 Å². The van der Waals surface area contributed by atoms with Crippen molar-refractivity contribution in [3.8, 4) is 0 Å². The number of nitrogens with zero attached hydrogens (tertiary/aromatic N) is 1. The maximum absolute atomic E-state index is 13.2. The number of ether oxygens (including phenoxy) is 1. The molecule has 1 aliphatic rings. The minimum atomic E-state index is -3.65. The molecule has 118 valence electrons. The fourth-order valence-electron chi connectivity index (χ4n) is 2.28. The Morgan fingerprint density at radius 2 is 2.05 bits per heavy atom. The van der Waals surface area contributed by atoms with Crippen LogP contribution < -0.4 is 4.72 Å². The molecule has 0 atom stereocenters. The second-order valence-corrected chi connectivity index (χ2v) is 6.85. The number of aryl methyl sites for hydroxylation is 1. The Balaban J connectivity index is 1.85. The highest BCUT2D eigenvalue weighted by atomic mass is 32.2. The summed E-state index contributed by atoms with van der Waals surface area (Å²) in [5.74, 6) is -0.547. The van der Waals surface area contributed by atoms with Crippen molar-refractivity contribution in [2.45, 2.75) is 18.2 Å². The van der Waals surface area contributed by atoms with Gasteiger partial charge < -0.3 is 4.74 Å². The molecule has 1 aromatic rings. The molecule has 1 saturated heterocycles. The van der Waals surface area contributed by atoms with Crippen molar-refractivity contribution < 1.29 is 17.5 Å². The lowest BCUT2D eigenvalue weighted by Gasteiger charge is -2.26. The van der Waals surface area contributed by atoms with Crippen molar-refractivity contribution in [3.63, 3.8) is 0 Å². The fourth-order valence-corrected chi connectivity index (χ4v) is 3.60. The van der Waals surface area contributed by atoms with E-state index in [9.17, 15) is 12.8 Å². The summed E-state index contributed by atoms with van der Waals surface area (Å²) >= 11 is 0. The standard InChI is InChI=1S/C14H21FN2O3S/c1-12-3-4-13(15)11-14(12)21(18,19)16-5-2-6-17-7-9-20-10-8-17/h3-4,11,16H,2,5-10H2,1H3. The van der Waals surface area contributed by atoms with Gasteiger partial charge >= 0.3 is 0 Å². The molecule has 0 spiro atoms. The van der Waals surface area contributed by atoms with Crippen LogP contribution in [-0.4, -0.2) is 52.7 Å². The molecule has 1 N–H and O–H groups in total. The average molecular weight is 316 g/mol. The van der Waals surface area contributed by atoms with Crippen LogP contribution in [0, 0.1) is 12.7 Å². The first-order chi connectivity index (χ1) is 9.99.